The summed E-state index contributed by atoms with van der Waals surface area (Å²) in [4.78, 5) is 4.69. The van der Waals surface area contributed by atoms with Gasteiger partial charge in [0.15, 0.2) is 0 Å². The number of hydrogen-bond acceptors (Lipinski definition) is 2. The minimum Gasteiger partial charge on any atom is -0.314 e. The third-order valence-corrected chi connectivity index (χ3v) is 5.30. The molecule has 4 atom stereocenters. The highest BCUT2D eigenvalue weighted by molar-refractivity contribution is 5.29. The van der Waals surface area contributed by atoms with E-state index in [0.29, 0.717) is 0 Å². The molecule has 0 aromatic carbocycles. The molecular weight excluding hydrogens is 232 g/mol. The van der Waals surface area contributed by atoms with E-state index in [1.54, 1.807) is 0 Å². The van der Waals surface area contributed by atoms with Crippen LogP contribution in [0.5, 0.6) is 0 Å². The number of aromatic nitrogens is 1. The van der Waals surface area contributed by atoms with Gasteiger partial charge in [0.25, 0.3) is 0 Å². The molecule has 0 spiro atoms. The summed E-state index contributed by atoms with van der Waals surface area (Å²) >= 11 is 0. The largest absolute Gasteiger partial charge is 0.314 e. The normalized spacial score (nSPS) is 33.6. The van der Waals surface area contributed by atoms with Crippen LogP contribution in [0.1, 0.15) is 56.7 Å². The van der Waals surface area contributed by atoms with Crippen LogP contribution >= 0.6 is 0 Å². The first-order chi connectivity index (χ1) is 9.31. The van der Waals surface area contributed by atoms with Crippen LogP contribution in [-0.2, 0) is 6.42 Å². The second-order valence-corrected chi connectivity index (χ2v) is 6.35. The zero-order valence-corrected chi connectivity index (χ0v) is 12.2. The fourth-order valence-corrected chi connectivity index (χ4v) is 4.24. The van der Waals surface area contributed by atoms with Crippen LogP contribution in [0.15, 0.2) is 18.3 Å². The number of rotatable bonds is 4. The molecular formula is C17H26N2. The molecule has 0 radical (unpaired) electrons. The first-order valence-electron chi connectivity index (χ1n) is 7.98. The van der Waals surface area contributed by atoms with E-state index in [2.05, 4.69) is 36.3 Å². The van der Waals surface area contributed by atoms with Crippen molar-refractivity contribution in [2.75, 3.05) is 6.54 Å². The van der Waals surface area contributed by atoms with Crippen molar-refractivity contribution in [1.29, 1.82) is 0 Å². The van der Waals surface area contributed by atoms with Gasteiger partial charge < -0.3 is 5.32 Å². The first kappa shape index (κ1) is 13.1. The van der Waals surface area contributed by atoms with E-state index in [4.69, 9.17) is 0 Å². The van der Waals surface area contributed by atoms with E-state index in [-0.39, 0.29) is 0 Å². The number of nitrogens with one attached hydrogen (secondary N) is 1. The fourth-order valence-electron chi connectivity index (χ4n) is 4.24. The molecule has 3 rings (SSSR count). The molecule has 0 aliphatic heterocycles. The molecule has 4 unspecified atom stereocenters. The Kier molecular flexibility index (Phi) is 3.88. The van der Waals surface area contributed by atoms with Gasteiger partial charge >= 0.3 is 0 Å². The molecule has 2 heteroatoms. The summed E-state index contributed by atoms with van der Waals surface area (Å²) in [6.07, 6.45) is 8.50. The highest BCUT2D eigenvalue weighted by Crippen LogP contribution is 2.46. The molecule has 0 amide bonds. The van der Waals surface area contributed by atoms with Crippen molar-refractivity contribution < 1.29 is 0 Å². The van der Waals surface area contributed by atoms with Crippen LogP contribution in [0, 0.1) is 11.8 Å². The third kappa shape index (κ3) is 2.43. The molecule has 1 N–H and O–H groups in total. The maximum absolute atomic E-state index is 4.69. The van der Waals surface area contributed by atoms with Gasteiger partial charge in [-0.05, 0) is 62.1 Å². The molecule has 19 heavy (non-hydrogen) atoms. The molecule has 1 aromatic rings. The Bertz CT molecular complexity index is 429. The number of pyridine rings is 1. The Morgan fingerprint density at radius 3 is 3.05 bits per heavy atom. The van der Waals surface area contributed by atoms with Gasteiger partial charge in [-0.25, -0.2) is 0 Å². The molecule has 1 fully saturated rings. The van der Waals surface area contributed by atoms with E-state index in [1.165, 1.54) is 49.9 Å². The van der Waals surface area contributed by atoms with E-state index < -0.39 is 0 Å². The summed E-state index contributed by atoms with van der Waals surface area (Å²) in [6.45, 7) is 5.87. The number of fused-ring (bicyclic) bond motifs is 1. The number of hydrogen-bond donors (Lipinski definition) is 1. The van der Waals surface area contributed by atoms with Crippen LogP contribution in [0.2, 0.25) is 0 Å². The Balaban J connectivity index is 1.71. The lowest BCUT2D eigenvalue weighted by atomic mass is 9.82. The van der Waals surface area contributed by atoms with Crippen molar-refractivity contribution in [2.45, 2.75) is 57.9 Å². The van der Waals surface area contributed by atoms with Gasteiger partial charge in [0.05, 0.1) is 0 Å². The number of aryl methyl sites for hydroxylation is 1. The zero-order chi connectivity index (χ0) is 13.2. The lowest BCUT2D eigenvalue weighted by Crippen LogP contribution is -2.34. The van der Waals surface area contributed by atoms with Crippen molar-refractivity contribution in [2.24, 2.45) is 11.8 Å². The highest BCUT2D eigenvalue weighted by atomic mass is 14.9. The van der Waals surface area contributed by atoms with Gasteiger partial charge in [-0.3, -0.25) is 4.98 Å². The van der Waals surface area contributed by atoms with Crippen LogP contribution in [-0.4, -0.2) is 17.6 Å². The van der Waals surface area contributed by atoms with Gasteiger partial charge in [-0.15, -0.1) is 0 Å². The molecule has 0 saturated heterocycles. The van der Waals surface area contributed by atoms with E-state index in [9.17, 15) is 0 Å². The summed E-state index contributed by atoms with van der Waals surface area (Å²) in [6, 6.07) is 5.09. The van der Waals surface area contributed by atoms with E-state index in [1.807, 2.05) is 6.20 Å². The van der Waals surface area contributed by atoms with Crippen molar-refractivity contribution in [1.82, 2.24) is 10.3 Å². The average Bonchev–Trinajstić information content (AvgIpc) is 3.00. The summed E-state index contributed by atoms with van der Waals surface area (Å²) in [5.74, 6) is 2.36. The maximum atomic E-state index is 4.69. The third-order valence-electron chi connectivity index (χ3n) is 5.30. The SMILES string of the molecule is CCCNC1CCC(C2CCc3cccnc32)C1C. The smallest absolute Gasteiger partial charge is 0.0469 e. The topological polar surface area (TPSA) is 24.9 Å². The monoisotopic (exact) mass is 258 g/mol. The summed E-state index contributed by atoms with van der Waals surface area (Å²) in [5.41, 5.74) is 2.92. The fraction of sp³-hybridized carbons (Fsp3) is 0.706. The van der Waals surface area contributed by atoms with Gasteiger partial charge in [-0.1, -0.05) is 19.9 Å². The predicted octanol–water partition coefficient (Wildman–Crippen LogP) is 3.53. The zero-order valence-electron chi connectivity index (χ0n) is 12.2. The predicted molar refractivity (Wildman–Crippen MR) is 79.3 cm³/mol. The standard InChI is InChI=1S/C17H26N2/c1-3-10-18-16-9-8-14(12(16)2)15-7-6-13-5-4-11-19-17(13)15/h4-5,11-12,14-16,18H,3,6-10H2,1-2H3. The Morgan fingerprint density at radius 2 is 2.21 bits per heavy atom. The van der Waals surface area contributed by atoms with Crippen molar-refractivity contribution in [3.63, 3.8) is 0 Å². The lowest BCUT2D eigenvalue weighted by molar-refractivity contribution is 0.303. The molecule has 1 aromatic heterocycles. The minimum atomic E-state index is 0.722. The van der Waals surface area contributed by atoms with E-state index in [0.717, 1.165) is 23.8 Å². The maximum Gasteiger partial charge on any atom is 0.0469 e. The summed E-state index contributed by atoms with van der Waals surface area (Å²) < 4.78 is 0. The van der Waals surface area contributed by atoms with E-state index >= 15 is 0 Å². The molecule has 104 valence electrons. The Morgan fingerprint density at radius 1 is 1.32 bits per heavy atom. The van der Waals surface area contributed by atoms with Gasteiger partial charge in [0, 0.05) is 23.9 Å². The molecule has 2 aliphatic rings. The van der Waals surface area contributed by atoms with Gasteiger partial charge in [-0.2, -0.15) is 0 Å². The quantitative estimate of drug-likeness (QED) is 0.893. The van der Waals surface area contributed by atoms with Crippen LogP contribution < -0.4 is 5.32 Å². The van der Waals surface area contributed by atoms with Gasteiger partial charge in [0.1, 0.15) is 0 Å². The average molecular weight is 258 g/mol. The summed E-state index contributed by atoms with van der Waals surface area (Å²) in [7, 11) is 0. The Hall–Kier alpha value is -0.890. The van der Waals surface area contributed by atoms with Crippen molar-refractivity contribution in [3.05, 3.63) is 29.6 Å². The molecule has 2 aliphatic carbocycles. The second-order valence-electron chi connectivity index (χ2n) is 6.35. The molecule has 1 saturated carbocycles. The van der Waals surface area contributed by atoms with Crippen LogP contribution in [0.3, 0.4) is 0 Å². The molecule has 2 nitrogen and oxygen atoms in total. The summed E-state index contributed by atoms with van der Waals surface area (Å²) in [5, 5.41) is 3.74. The van der Waals surface area contributed by atoms with Crippen molar-refractivity contribution in [3.8, 4) is 0 Å². The Labute approximate surface area is 117 Å². The minimum absolute atomic E-state index is 0.722. The second kappa shape index (κ2) is 5.62. The van der Waals surface area contributed by atoms with Crippen molar-refractivity contribution >= 4 is 0 Å². The van der Waals surface area contributed by atoms with Crippen LogP contribution in [0.25, 0.3) is 0 Å². The molecule has 0 bridgehead atoms. The van der Waals surface area contributed by atoms with Crippen LogP contribution in [0.4, 0.5) is 0 Å². The first-order valence-corrected chi connectivity index (χ1v) is 7.98. The number of nitrogens with zero attached hydrogens (tertiary/aromatic N) is 1. The highest BCUT2D eigenvalue weighted by Gasteiger charge is 2.40. The lowest BCUT2D eigenvalue weighted by Gasteiger charge is -2.26. The van der Waals surface area contributed by atoms with Gasteiger partial charge in [0.2, 0.25) is 0 Å². The molecule has 1 heterocycles.